The Balaban J connectivity index is 0.00000176. The van der Waals surface area contributed by atoms with Crippen LogP contribution in [0, 0.1) is 5.92 Å². The van der Waals surface area contributed by atoms with Gasteiger partial charge in [0.15, 0.2) is 0 Å². The molecule has 2 aliphatic rings. The predicted molar refractivity (Wildman–Crippen MR) is 88.3 cm³/mol. The number of fused-ring (bicyclic) bond motifs is 1. The van der Waals surface area contributed by atoms with Crippen LogP contribution in [-0.4, -0.2) is 34.7 Å². The lowest BCUT2D eigenvalue weighted by molar-refractivity contribution is 0.356. The summed E-state index contributed by atoms with van der Waals surface area (Å²) in [7, 11) is -3.41. The second kappa shape index (κ2) is 7.64. The molecule has 22 heavy (non-hydrogen) atoms. The van der Waals surface area contributed by atoms with E-state index in [0.29, 0.717) is 24.0 Å². The summed E-state index contributed by atoms with van der Waals surface area (Å²) in [6, 6.07) is 5.10. The van der Waals surface area contributed by atoms with Crippen molar-refractivity contribution in [2.75, 3.05) is 26.2 Å². The number of sulfonamides is 1. The maximum absolute atomic E-state index is 12.3. The van der Waals surface area contributed by atoms with Gasteiger partial charge in [-0.25, -0.2) is 13.1 Å². The van der Waals surface area contributed by atoms with Crippen molar-refractivity contribution >= 4 is 22.4 Å². The Labute approximate surface area is 138 Å². The van der Waals surface area contributed by atoms with Crippen LogP contribution in [0.2, 0.25) is 0 Å². The summed E-state index contributed by atoms with van der Waals surface area (Å²) in [4.78, 5) is 0.341. The van der Waals surface area contributed by atoms with E-state index in [1.54, 1.807) is 18.2 Å². The van der Waals surface area contributed by atoms with Crippen molar-refractivity contribution in [2.45, 2.75) is 30.6 Å². The van der Waals surface area contributed by atoms with Gasteiger partial charge >= 0.3 is 0 Å². The van der Waals surface area contributed by atoms with Gasteiger partial charge in [0.05, 0.1) is 11.5 Å². The molecular weight excluding hydrogens is 324 g/mol. The van der Waals surface area contributed by atoms with E-state index < -0.39 is 10.0 Å². The average Bonchev–Trinajstić information content (AvgIpc) is 2.95. The minimum Gasteiger partial charge on any atom is -0.493 e. The zero-order valence-corrected chi connectivity index (χ0v) is 14.1. The highest BCUT2D eigenvalue weighted by Crippen LogP contribution is 2.27. The highest BCUT2D eigenvalue weighted by Gasteiger charge is 2.20. The molecule has 5 nitrogen and oxygen atoms in total. The Morgan fingerprint density at radius 1 is 1.36 bits per heavy atom. The molecule has 2 heterocycles. The van der Waals surface area contributed by atoms with Crippen LogP contribution in [-0.2, 0) is 16.4 Å². The van der Waals surface area contributed by atoms with Gasteiger partial charge in [0.1, 0.15) is 5.75 Å². The number of halogens is 1. The minimum atomic E-state index is -3.41. The molecule has 0 amide bonds. The second-order valence-corrected chi connectivity index (χ2v) is 7.53. The maximum Gasteiger partial charge on any atom is 0.240 e. The fourth-order valence-corrected chi connectivity index (χ4v) is 4.08. The summed E-state index contributed by atoms with van der Waals surface area (Å²) in [6.45, 7) is 3.22. The third-order valence-corrected chi connectivity index (χ3v) is 5.67. The van der Waals surface area contributed by atoms with E-state index >= 15 is 0 Å². The van der Waals surface area contributed by atoms with E-state index in [1.165, 1.54) is 12.8 Å². The number of rotatable bonds is 5. The molecule has 7 heteroatoms. The quantitative estimate of drug-likeness (QED) is 0.851. The SMILES string of the molecule is Cl.O=S(=O)(NCCC1CCCNC1)c1ccc2c(c1)CCO2. The molecule has 3 rings (SSSR count). The molecule has 0 spiro atoms. The van der Waals surface area contributed by atoms with Crippen molar-refractivity contribution in [2.24, 2.45) is 5.92 Å². The molecule has 1 atom stereocenters. The van der Waals surface area contributed by atoms with Crippen molar-refractivity contribution in [3.63, 3.8) is 0 Å². The average molecular weight is 347 g/mol. The fraction of sp³-hybridized carbons (Fsp3) is 0.600. The molecule has 0 aromatic heterocycles. The first-order valence-electron chi connectivity index (χ1n) is 7.61. The van der Waals surface area contributed by atoms with Gasteiger partial charge in [-0.2, -0.15) is 0 Å². The Bertz CT molecular complexity index is 601. The third-order valence-electron chi connectivity index (χ3n) is 4.21. The van der Waals surface area contributed by atoms with Crippen molar-refractivity contribution < 1.29 is 13.2 Å². The molecule has 0 radical (unpaired) electrons. The Morgan fingerprint density at radius 3 is 3.00 bits per heavy atom. The standard InChI is InChI=1S/C15H22N2O3S.ClH/c18-21(19,17-8-5-12-2-1-7-16-11-12)14-3-4-15-13(10-14)6-9-20-15;/h3-4,10,12,16-17H,1-2,5-9,11H2;1H. The van der Waals surface area contributed by atoms with Gasteiger partial charge in [0, 0.05) is 13.0 Å². The lowest BCUT2D eigenvalue weighted by Gasteiger charge is -2.22. The summed E-state index contributed by atoms with van der Waals surface area (Å²) in [5, 5.41) is 3.35. The van der Waals surface area contributed by atoms with Crippen LogP contribution in [0.3, 0.4) is 0 Å². The lowest BCUT2D eigenvalue weighted by atomic mass is 9.96. The summed E-state index contributed by atoms with van der Waals surface area (Å²) in [5.74, 6) is 1.39. The normalized spacial score (nSPS) is 20.8. The molecule has 1 aromatic carbocycles. The van der Waals surface area contributed by atoms with Gasteiger partial charge in [-0.15, -0.1) is 12.4 Å². The Morgan fingerprint density at radius 2 is 2.23 bits per heavy atom. The van der Waals surface area contributed by atoms with Crippen LogP contribution in [0.1, 0.15) is 24.8 Å². The highest BCUT2D eigenvalue weighted by molar-refractivity contribution is 7.89. The molecule has 0 saturated carbocycles. The van der Waals surface area contributed by atoms with Gasteiger partial charge in [0.25, 0.3) is 0 Å². The number of ether oxygens (including phenoxy) is 1. The van der Waals surface area contributed by atoms with Gasteiger partial charge in [-0.3, -0.25) is 0 Å². The van der Waals surface area contributed by atoms with E-state index in [2.05, 4.69) is 10.0 Å². The lowest BCUT2D eigenvalue weighted by Crippen LogP contribution is -2.33. The first-order chi connectivity index (χ1) is 10.1. The molecule has 2 aliphatic heterocycles. The van der Waals surface area contributed by atoms with Crippen LogP contribution in [0.5, 0.6) is 5.75 Å². The van der Waals surface area contributed by atoms with Gasteiger partial charge < -0.3 is 10.1 Å². The summed E-state index contributed by atoms with van der Waals surface area (Å²) >= 11 is 0. The zero-order chi connectivity index (χ0) is 14.7. The smallest absolute Gasteiger partial charge is 0.240 e. The van der Waals surface area contributed by atoms with Crippen LogP contribution in [0.25, 0.3) is 0 Å². The van der Waals surface area contributed by atoms with Crippen LogP contribution >= 0.6 is 12.4 Å². The van der Waals surface area contributed by atoms with E-state index in [4.69, 9.17) is 4.74 Å². The number of nitrogens with one attached hydrogen (secondary N) is 2. The van der Waals surface area contributed by atoms with Crippen LogP contribution in [0.15, 0.2) is 23.1 Å². The van der Waals surface area contributed by atoms with Crippen LogP contribution < -0.4 is 14.8 Å². The predicted octanol–water partition coefficient (Wildman–Crippen LogP) is 1.71. The van der Waals surface area contributed by atoms with Crippen molar-refractivity contribution in [3.05, 3.63) is 23.8 Å². The molecule has 124 valence electrons. The number of piperidine rings is 1. The van der Waals surface area contributed by atoms with Crippen molar-refractivity contribution in [1.82, 2.24) is 10.0 Å². The molecule has 0 bridgehead atoms. The highest BCUT2D eigenvalue weighted by atomic mass is 35.5. The third kappa shape index (κ3) is 4.13. The number of hydrogen-bond acceptors (Lipinski definition) is 4. The summed E-state index contributed by atoms with van der Waals surface area (Å²) < 4.78 is 32.7. The van der Waals surface area contributed by atoms with Crippen molar-refractivity contribution in [1.29, 1.82) is 0 Å². The van der Waals surface area contributed by atoms with Crippen molar-refractivity contribution in [3.8, 4) is 5.75 Å². The summed E-state index contributed by atoms with van der Waals surface area (Å²) in [5.41, 5.74) is 0.981. The first kappa shape index (κ1) is 17.5. The van der Waals surface area contributed by atoms with Gasteiger partial charge in [-0.1, -0.05) is 0 Å². The molecule has 1 fully saturated rings. The molecule has 1 unspecified atom stereocenters. The Kier molecular flexibility index (Phi) is 6.09. The first-order valence-corrected chi connectivity index (χ1v) is 9.09. The van der Waals surface area contributed by atoms with Gasteiger partial charge in [0.2, 0.25) is 10.0 Å². The van der Waals surface area contributed by atoms with E-state index in [-0.39, 0.29) is 12.4 Å². The van der Waals surface area contributed by atoms with Gasteiger partial charge in [-0.05, 0) is 62.0 Å². The monoisotopic (exact) mass is 346 g/mol. The number of hydrogen-bond donors (Lipinski definition) is 2. The molecular formula is C15H23ClN2O3S. The topological polar surface area (TPSA) is 67.4 Å². The number of benzene rings is 1. The maximum atomic E-state index is 12.3. The largest absolute Gasteiger partial charge is 0.493 e. The molecule has 2 N–H and O–H groups in total. The molecule has 0 aliphatic carbocycles. The van der Waals surface area contributed by atoms with E-state index in [0.717, 1.165) is 37.2 Å². The second-order valence-electron chi connectivity index (χ2n) is 5.77. The van der Waals surface area contributed by atoms with E-state index in [1.807, 2.05) is 0 Å². The van der Waals surface area contributed by atoms with E-state index in [9.17, 15) is 8.42 Å². The summed E-state index contributed by atoms with van der Waals surface area (Å²) in [6.07, 6.45) is 4.04. The fourth-order valence-electron chi connectivity index (χ4n) is 2.98. The Hall–Kier alpha value is -0.820. The molecule has 1 aromatic rings. The molecule has 1 saturated heterocycles. The van der Waals surface area contributed by atoms with Crippen LogP contribution in [0.4, 0.5) is 0 Å². The minimum absolute atomic E-state index is 0. The zero-order valence-electron chi connectivity index (χ0n) is 12.5.